The quantitative estimate of drug-likeness (QED) is 0.632. The molecule has 2 aromatic carbocycles. The Morgan fingerprint density at radius 1 is 1.11 bits per heavy atom. The van der Waals surface area contributed by atoms with Crippen LogP contribution in [0.2, 0.25) is 0 Å². The molecule has 0 fully saturated rings. The summed E-state index contributed by atoms with van der Waals surface area (Å²) >= 11 is 0. The van der Waals surface area contributed by atoms with Gasteiger partial charge in [0.2, 0.25) is 5.91 Å². The number of hydrogen-bond donors (Lipinski definition) is 2. The number of aliphatic hydroxyl groups is 2. The maximum atomic E-state index is 14.3. The second-order valence-corrected chi connectivity index (χ2v) is 5.86. The van der Waals surface area contributed by atoms with Gasteiger partial charge >= 0.3 is 6.18 Å². The normalized spacial score (nSPS) is 14.9. The Morgan fingerprint density at radius 3 is 2.44 bits per heavy atom. The van der Waals surface area contributed by atoms with Gasteiger partial charge in [0.25, 0.3) is 0 Å². The van der Waals surface area contributed by atoms with Gasteiger partial charge < -0.3 is 15.1 Å². The molecule has 0 spiro atoms. The Morgan fingerprint density at radius 2 is 1.81 bits per heavy atom. The molecule has 1 aliphatic heterocycles. The van der Waals surface area contributed by atoms with E-state index in [4.69, 9.17) is 0 Å². The first-order chi connectivity index (χ1) is 12.7. The number of nitrogens with zero attached hydrogens (tertiary/aromatic N) is 2. The second-order valence-electron chi connectivity index (χ2n) is 5.86. The van der Waals surface area contributed by atoms with Gasteiger partial charge in [0.1, 0.15) is 12.4 Å². The molecule has 9 heteroatoms. The van der Waals surface area contributed by atoms with Crippen molar-refractivity contribution in [2.45, 2.75) is 12.5 Å². The maximum absolute atomic E-state index is 14.3. The summed E-state index contributed by atoms with van der Waals surface area (Å²) in [5.74, 6) is -1.36. The van der Waals surface area contributed by atoms with Crippen LogP contribution in [0.1, 0.15) is 16.7 Å². The summed E-state index contributed by atoms with van der Waals surface area (Å²) in [5.41, 5.74) is -1.30. The number of aliphatic imine (C=N–C) groups is 1. The molecule has 0 saturated heterocycles. The van der Waals surface area contributed by atoms with E-state index in [1.54, 1.807) is 0 Å². The van der Waals surface area contributed by atoms with Gasteiger partial charge in [-0.25, -0.2) is 4.39 Å². The molecular formula is C18H14F4N2O3. The third-order valence-electron chi connectivity index (χ3n) is 4.02. The van der Waals surface area contributed by atoms with Crippen molar-refractivity contribution >= 4 is 17.3 Å². The van der Waals surface area contributed by atoms with Gasteiger partial charge in [0.05, 0.1) is 23.5 Å². The smallest absolute Gasteiger partial charge is 0.367 e. The number of aliphatic hydroxyl groups excluding tert-OH is 1. The molecule has 1 amide bonds. The first-order valence-electron chi connectivity index (χ1n) is 7.86. The summed E-state index contributed by atoms with van der Waals surface area (Å²) in [7, 11) is 0. The number of hydrogen-bond acceptors (Lipinski definition) is 4. The van der Waals surface area contributed by atoms with E-state index in [1.807, 2.05) is 0 Å². The van der Waals surface area contributed by atoms with Gasteiger partial charge in [-0.05, 0) is 30.3 Å². The fraction of sp³-hybridized carbons (Fsp3) is 0.222. The summed E-state index contributed by atoms with van der Waals surface area (Å²) in [6.07, 6.45) is -6.56. The van der Waals surface area contributed by atoms with E-state index in [-0.39, 0.29) is 22.5 Å². The Balaban J connectivity index is 2.25. The minimum Gasteiger partial charge on any atom is -0.367 e. The molecule has 0 atom stereocenters. The van der Waals surface area contributed by atoms with Crippen LogP contribution < -0.4 is 4.90 Å². The number of anilines is 1. The molecule has 2 N–H and O–H groups in total. The van der Waals surface area contributed by atoms with Gasteiger partial charge in [0, 0.05) is 11.1 Å². The molecule has 0 aliphatic carbocycles. The number of amides is 1. The number of rotatable bonds is 3. The molecule has 0 radical (unpaired) electrons. The van der Waals surface area contributed by atoms with E-state index in [0.29, 0.717) is 0 Å². The molecule has 142 valence electrons. The topological polar surface area (TPSA) is 73.1 Å². The van der Waals surface area contributed by atoms with Crippen LogP contribution in [-0.2, 0) is 11.0 Å². The van der Waals surface area contributed by atoms with Gasteiger partial charge in [-0.15, -0.1) is 0 Å². The van der Waals surface area contributed by atoms with Crippen LogP contribution in [0.4, 0.5) is 23.2 Å². The molecule has 0 bridgehead atoms. The Kier molecular flexibility index (Phi) is 4.99. The van der Waals surface area contributed by atoms with E-state index < -0.39 is 42.8 Å². The minimum absolute atomic E-state index is 0.0133. The number of halogens is 4. The first-order valence-corrected chi connectivity index (χ1v) is 7.86. The lowest BCUT2D eigenvalue weighted by Crippen LogP contribution is -2.38. The predicted molar refractivity (Wildman–Crippen MR) is 88.9 cm³/mol. The molecule has 1 heterocycles. The number of β-amino-alcohol motifs (C(OH)–C–C–N with tert-alkyl or cyclic N) is 2. The zero-order chi connectivity index (χ0) is 19.8. The minimum atomic E-state index is -4.66. The average Bonchev–Trinajstić information content (AvgIpc) is 2.72. The lowest BCUT2D eigenvalue weighted by Gasteiger charge is -2.24. The Bertz CT molecular complexity index is 910. The van der Waals surface area contributed by atoms with Crippen LogP contribution in [0.3, 0.4) is 0 Å². The highest BCUT2D eigenvalue weighted by Gasteiger charge is 2.34. The molecule has 0 saturated carbocycles. The summed E-state index contributed by atoms with van der Waals surface area (Å²) in [5, 5.41) is 18.5. The fourth-order valence-corrected chi connectivity index (χ4v) is 2.84. The summed E-state index contributed by atoms with van der Waals surface area (Å²) in [4.78, 5) is 17.3. The maximum Gasteiger partial charge on any atom is 0.416 e. The number of fused-ring (bicyclic) bond motifs is 1. The van der Waals surface area contributed by atoms with Crippen molar-refractivity contribution in [1.82, 2.24) is 0 Å². The Hall–Kier alpha value is -2.78. The highest BCUT2D eigenvalue weighted by molar-refractivity contribution is 6.19. The van der Waals surface area contributed by atoms with E-state index >= 15 is 0 Å². The van der Waals surface area contributed by atoms with Crippen molar-refractivity contribution in [2.24, 2.45) is 4.99 Å². The van der Waals surface area contributed by atoms with Crippen LogP contribution in [0, 0.1) is 5.82 Å². The van der Waals surface area contributed by atoms with Crippen molar-refractivity contribution in [3.8, 4) is 0 Å². The van der Waals surface area contributed by atoms with Crippen LogP contribution in [0.5, 0.6) is 0 Å². The van der Waals surface area contributed by atoms with Crippen molar-refractivity contribution < 1.29 is 32.6 Å². The highest BCUT2D eigenvalue weighted by Crippen LogP contribution is 2.35. The standard InChI is InChI=1S/C18H14F4N2O3/c19-13-4-2-1-3-11(13)17-12-7-10(18(20,21)22)5-6-14(12)24(9-16(26)27)15(25)8-23-17/h1-7,16,26-27H,8-9H2. The zero-order valence-electron chi connectivity index (χ0n) is 13.7. The van der Waals surface area contributed by atoms with Gasteiger partial charge in [0.15, 0.2) is 6.29 Å². The van der Waals surface area contributed by atoms with Crippen LogP contribution in [0.15, 0.2) is 47.5 Å². The monoisotopic (exact) mass is 382 g/mol. The number of carbonyl (C=O) groups excluding carboxylic acids is 1. The number of benzene rings is 2. The van der Waals surface area contributed by atoms with Gasteiger partial charge in [-0.1, -0.05) is 12.1 Å². The third kappa shape index (κ3) is 3.83. The van der Waals surface area contributed by atoms with E-state index in [0.717, 1.165) is 29.2 Å². The van der Waals surface area contributed by atoms with E-state index in [9.17, 15) is 32.6 Å². The molecule has 5 nitrogen and oxygen atoms in total. The van der Waals surface area contributed by atoms with Crippen molar-refractivity contribution in [3.63, 3.8) is 0 Å². The second kappa shape index (κ2) is 7.09. The van der Waals surface area contributed by atoms with Crippen molar-refractivity contribution in [3.05, 3.63) is 65.0 Å². The number of alkyl halides is 3. The molecule has 2 aromatic rings. The molecule has 0 unspecified atom stereocenters. The summed E-state index contributed by atoms with van der Waals surface area (Å²) in [6.45, 7) is -1.04. The molecule has 0 aromatic heterocycles. The molecular weight excluding hydrogens is 368 g/mol. The SMILES string of the molecule is O=C1CN=C(c2ccccc2F)c2cc(C(F)(F)F)ccc2N1CC(O)O. The molecule has 27 heavy (non-hydrogen) atoms. The zero-order valence-corrected chi connectivity index (χ0v) is 13.7. The summed E-state index contributed by atoms with van der Waals surface area (Å²) in [6, 6.07) is 7.98. The van der Waals surface area contributed by atoms with Crippen LogP contribution in [-0.4, -0.2) is 41.2 Å². The van der Waals surface area contributed by atoms with E-state index in [1.165, 1.54) is 18.2 Å². The lowest BCUT2D eigenvalue weighted by molar-refractivity contribution is -0.137. The van der Waals surface area contributed by atoms with Crippen molar-refractivity contribution in [1.29, 1.82) is 0 Å². The molecule has 1 aliphatic rings. The van der Waals surface area contributed by atoms with Crippen LogP contribution in [0.25, 0.3) is 0 Å². The third-order valence-corrected chi connectivity index (χ3v) is 4.02. The first kappa shape index (κ1) is 19.0. The molecule has 3 rings (SSSR count). The van der Waals surface area contributed by atoms with Crippen molar-refractivity contribution in [2.75, 3.05) is 18.0 Å². The Labute approximate surface area is 151 Å². The fourth-order valence-electron chi connectivity index (χ4n) is 2.84. The lowest BCUT2D eigenvalue weighted by atomic mass is 9.97. The van der Waals surface area contributed by atoms with Gasteiger partial charge in [-0.3, -0.25) is 9.79 Å². The summed E-state index contributed by atoms with van der Waals surface area (Å²) < 4.78 is 53.8. The highest BCUT2D eigenvalue weighted by atomic mass is 19.4. The van der Waals surface area contributed by atoms with Crippen LogP contribution >= 0.6 is 0 Å². The van der Waals surface area contributed by atoms with Gasteiger partial charge in [-0.2, -0.15) is 13.2 Å². The predicted octanol–water partition coefficient (Wildman–Crippen LogP) is 2.34. The average molecular weight is 382 g/mol. The largest absolute Gasteiger partial charge is 0.416 e. The number of benzodiazepines with no additional fused rings is 1. The van der Waals surface area contributed by atoms with E-state index in [2.05, 4.69) is 4.99 Å². The number of carbonyl (C=O) groups is 1.